The Hall–Kier alpha value is -1.62. The smallest absolute Gasteiger partial charge is 0.211 e. The largest absolute Gasteiger partial charge is 0.490 e. The Morgan fingerprint density at radius 3 is 2.84 bits per heavy atom. The van der Waals surface area contributed by atoms with E-state index in [0.717, 1.165) is 25.9 Å². The van der Waals surface area contributed by atoms with Gasteiger partial charge in [0, 0.05) is 11.8 Å². The molecule has 1 aliphatic rings. The topological polar surface area (TPSA) is 41.6 Å². The molecule has 0 spiro atoms. The average Bonchev–Trinajstić information content (AvgIpc) is 2.40. The Labute approximate surface area is 112 Å². The monoisotopic (exact) mass is 266 g/mol. The molecule has 1 amide bonds. The Kier molecular flexibility index (Phi) is 4.74. The van der Waals surface area contributed by atoms with Crippen molar-refractivity contribution in [1.29, 1.82) is 0 Å². The maximum absolute atomic E-state index is 13.7. The standard InChI is InChI=1S/C14H19FN2O2/c1-17-6-4-11(5-7-17)9-19-14-3-2-12(16-10-18)8-13(14)15/h2-3,8,10-11H,4-7,9H2,1H3,(H,16,18). The molecular formula is C14H19FN2O2. The number of carbonyl (C=O) groups excluding carboxylic acids is 1. The van der Waals surface area contributed by atoms with Gasteiger partial charge in [-0.05, 0) is 51.0 Å². The van der Waals surface area contributed by atoms with Crippen molar-refractivity contribution in [1.82, 2.24) is 4.90 Å². The zero-order chi connectivity index (χ0) is 13.7. The second-order valence-corrected chi connectivity index (χ2v) is 4.97. The van der Waals surface area contributed by atoms with Gasteiger partial charge in [-0.1, -0.05) is 0 Å². The number of rotatable bonds is 5. The van der Waals surface area contributed by atoms with Crippen LogP contribution in [0.3, 0.4) is 0 Å². The molecule has 1 fully saturated rings. The fourth-order valence-electron chi connectivity index (χ4n) is 2.21. The molecular weight excluding hydrogens is 247 g/mol. The van der Waals surface area contributed by atoms with Crippen LogP contribution in [-0.4, -0.2) is 38.1 Å². The number of amides is 1. The van der Waals surface area contributed by atoms with Gasteiger partial charge in [-0.3, -0.25) is 4.79 Å². The van der Waals surface area contributed by atoms with Crippen molar-refractivity contribution in [2.45, 2.75) is 12.8 Å². The van der Waals surface area contributed by atoms with Gasteiger partial charge < -0.3 is 15.0 Å². The number of nitrogens with one attached hydrogen (secondary N) is 1. The maximum atomic E-state index is 13.7. The van der Waals surface area contributed by atoms with Crippen LogP contribution in [0.4, 0.5) is 10.1 Å². The van der Waals surface area contributed by atoms with Crippen LogP contribution < -0.4 is 10.1 Å². The molecule has 0 radical (unpaired) electrons. The third kappa shape index (κ3) is 3.92. The third-order valence-corrected chi connectivity index (χ3v) is 3.47. The average molecular weight is 266 g/mol. The molecule has 104 valence electrons. The van der Waals surface area contributed by atoms with E-state index in [0.29, 0.717) is 24.6 Å². The summed E-state index contributed by atoms with van der Waals surface area (Å²) in [4.78, 5) is 12.5. The fraction of sp³-hybridized carbons (Fsp3) is 0.500. The summed E-state index contributed by atoms with van der Waals surface area (Å²) in [5.41, 5.74) is 0.430. The van der Waals surface area contributed by atoms with Crippen molar-refractivity contribution < 1.29 is 13.9 Å². The number of hydrogen-bond donors (Lipinski definition) is 1. The van der Waals surface area contributed by atoms with Crippen molar-refractivity contribution in [3.63, 3.8) is 0 Å². The summed E-state index contributed by atoms with van der Waals surface area (Å²) < 4.78 is 19.2. The first-order valence-corrected chi connectivity index (χ1v) is 6.50. The SMILES string of the molecule is CN1CCC(COc2ccc(NC=O)cc2F)CC1. The molecule has 1 saturated heterocycles. The summed E-state index contributed by atoms with van der Waals surface area (Å²) in [6, 6.07) is 4.44. The summed E-state index contributed by atoms with van der Waals surface area (Å²) in [6.07, 6.45) is 2.69. The minimum atomic E-state index is -0.445. The fourth-order valence-corrected chi connectivity index (χ4v) is 2.21. The first-order valence-electron chi connectivity index (χ1n) is 6.50. The normalized spacial score (nSPS) is 17.2. The van der Waals surface area contributed by atoms with E-state index < -0.39 is 5.82 Å². The minimum absolute atomic E-state index is 0.246. The number of piperidine rings is 1. The van der Waals surface area contributed by atoms with Crippen molar-refractivity contribution in [2.75, 3.05) is 32.1 Å². The van der Waals surface area contributed by atoms with E-state index in [2.05, 4.69) is 17.3 Å². The van der Waals surface area contributed by atoms with Crippen LogP contribution in [0, 0.1) is 11.7 Å². The molecule has 0 unspecified atom stereocenters. The molecule has 0 atom stereocenters. The van der Waals surface area contributed by atoms with Crippen LogP contribution in [0.15, 0.2) is 18.2 Å². The van der Waals surface area contributed by atoms with Gasteiger partial charge in [0.25, 0.3) is 0 Å². The number of nitrogens with zero attached hydrogens (tertiary/aromatic N) is 1. The quantitative estimate of drug-likeness (QED) is 0.830. The van der Waals surface area contributed by atoms with E-state index in [9.17, 15) is 9.18 Å². The van der Waals surface area contributed by atoms with Crippen molar-refractivity contribution in [3.8, 4) is 5.75 Å². The Morgan fingerprint density at radius 1 is 1.47 bits per heavy atom. The first kappa shape index (κ1) is 13.8. The molecule has 19 heavy (non-hydrogen) atoms. The lowest BCUT2D eigenvalue weighted by atomic mass is 9.98. The summed E-state index contributed by atoms with van der Waals surface area (Å²) in [7, 11) is 2.11. The molecule has 1 heterocycles. The second kappa shape index (κ2) is 6.52. The number of benzene rings is 1. The van der Waals surface area contributed by atoms with Gasteiger partial charge in [-0.15, -0.1) is 0 Å². The molecule has 1 aromatic rings. The Balaban J connectivity index is 1.87. The predicted octanol–water partition coefficient (Wildman–Crippen LogP) is 2.11. The van der Waals surface area contributed by atoms with Crippen LogP contribution >= 0.6 is 0 Å². The van der Waals surface area contributed by atoms with Gasteiger partial charge in [0.2, 0.25) is 6.41 Å². The third-order valence-electron chi connectivity index (χ3n) is 3.47. The molecule has 0 aliphatic carbocycles. The number of halogens is 1. The van der Waals surface area contributed by atoms with Crippen LogP contribution in [0.2, 0.25) is 0 Å². The zero-order valence-electron chi connectivity index (χ0n) is 11.1. The van der Waals surface area contributed by atoms with Crippen molar-refractivity contribution in [2.24, 2.45) is 5.92 Å². The van der Waals surface area contributed by atoms with Crippen molar-refractivity contribution in [3.05, 3.63) is 24.0 Å². The maximum Gasteiger partial charge on any atom is 0.211 e. The number of ether oxygens (including phenoxy) is 1. The molecule has 4 nitrogen and oxygen atoms in total. The minimum Gasteiger partial charge on any atom is -0.490 e. The summed E-state index contributed by atoms with van der Waals surface area (Å²) in [5, 5.41) is 2.40. The molecule has 2 rings (SSSR count). The zero-order valence-corrected chi connectivity index (χ0v) is 11.1. The summed E-state index contributed by atoms with van der Waals surface area (Å²) >= 11 is 0. The summed E-state index contributed by atoms with van der Waals surface area (Å²) in [6.45, 7) is 2.68. The highest BCUT2D eigenvalue weighted by Gasteiger charge is 2.17. The van der Waals surface area contributed by atoms with Gasteiger partial charge >= 0.3 is 0 Å². The van der Waals surface area contributed by atoms with E-state index in [-0.39, 0.29) is 5.75 Å². The molecule has 1 aromatic carbocycles. The van der Waals surface area contributed by atoms with Gasteiger partial charge in [-0.2, -0.15) is 0 Å². The molecule has 5 heteroatoms. The highest BCUT2D eigenvalue weighted by atomic mass is 19.1. The van der Waals surface area contributed by atoms with Crippen molar-refractivity contribution >= 4 is 12.1 Å². The van der Waals surface area contributed by atoms with Gasteiger partial charge in [0.05, 0.1) is 6.61 Å². The van der Waals surface area contributed by atoms with Gasteiger partial charge in [0.1, 0.15) is 0 Å². The molecule has 1 N–H and O–H groups in total. The van der Waals surface area contributed by atoms with Crippen LogP contribution in [0.25, 0.3) is 0 Å². The molecule has 0 aromatic heterocycles. The van der Waals surface area contributed by atoms with Crippen LogP contribution in [0.5, 0.6) is 5.75 Å². The lowest BCUT2D eigenvalue weighted by Crippen LogP contribution is -2.32. The van der Waals surface area contributed by atoms with E-state index >= 15 is 0 Å². The second-order valence-electron chi connectivity index (χ2n) is 4.97. The Bertz CT molecular complexity index is 431. The van der Waals surface area contributed by atoms with E-state index in [1.165, 1.54) is 6.07 Å². The van der Waals surface area contributed by atoms with E-state index in [1.54, 1.807) is 12.1 Å². The lowest BCUT2D eigenvalue weighted by Gasteiger charge is -2.28. The van der Waals surface area contributed by atoms with Gasteiger partial charge in [-0.25, -0.2) is 4.39 Å². The Morgan fingerprint density at radius 2 is 2.21 bits per heavy atom. The number of carbonyl (C=O) groups is 1. The first-order chi connectivity index (χ1) is 9.19. The van der Waals surface area contributed by atoms with Crippen LogP contribution in [-0.2, 0) is 4.79 Å². The number of anilines is 1. The highest BCUT2D eigenvalue weighted by molar-refractivity contribution is 5.71. The van der Waals surface area contributed by atoms with E-state index in [1.807, 2.05) is 0 Å². The molecule has 1 aliphatic heterocycles. The van der Waals surface area contributed by atoms with Gasteiger partial charge in [0.15, 0.2) is 11.6 Å². The lowest BCUT2D eigenvalue weighted by molar-refractivity contribution is -0.105. The highest BCUT2D eigenvalue weighted by Crippen LogP contribution is 2.23. The number of hydrogen-bond acceptors (Lipinski definition) is 3. The summed E-state index contributed by atoms with van der Waals surface area (Å²) in [5.74, 6) is 0.290. The number of likely N-dealkylation sites (tertiary alicyclic amines) is 1. The van der Waals surface area contributed by atoms with E-state index in [4.69, 9.17) is 4.74 Å². The predicted molar refractivity (Wildman–Crippen MR) is 71.8 cm³/mol. The molecule has 0 saturated carbocycles. The van der Waals surface area contributed by atoms with Crippen LogP contribution in [0.1, 0.15) is 12.8 Å². The molecule has 0 bridgehead atoms.